The lowest BCUT2D eigenvalue weighted by Gasteiger charge is -2.34. The van der Waals surface area contributed by atoms with Crippen LogP contribution >= 0.6 is 0 Å². The zero-order valence-electron chi connectivity index (χ0n) is 14.3. The van der Waals surface area contributed by atoms with Crippen LogP contribution in [0.15, 0.2) is 18.2 Å². The first-order valence-electron chi connectivity index (χ1n) is 8.74. The Hall–Kier alpha value is -2.71. The van der Waals surface area contributed by atoms with E-state index in [2.05, 4.69) is 5.32 Å². The highest BCUT2D eigenvalue weighted by molar-refractivity contribution is 5.93. The van der Waals surface area contributed by atoms with Gasteiger partial charge in [0.05, 0.1) is 10.6 Å². The van der Waals surface area contributed by atoms with Crippen molar-refractivity contribution < 1.29 is 18.9 Å². The van der Waals surface area contributed by atoms with E-state index in [1.165, 1.54) is 0 Å². The Kier molecular flexibility index (Phi) is 5.34. The van der Waals surface area contributed by atoms with E-state index in [1.807, 2.05) is 4.90 Å². The molecule has 0 saturated carbocycles. The number of piperidine rings is 1. The monoisotopic (exact) mass is 364 g/mol. The van der Waals surface area contributed by atoms with E-state index < -0.39 is 10.7 Å². The molecule has 0 bridgehead atoms. The molecule has 2 saturated heterocycles. The summed E-state index contributed by atoms with van der Waals surface area (Å²) in [6.07, 6.45) is 3.03. The van der Waals surface area contributed by atoms with Crippen molar-refractivity contribution in [1.29, 1.82) is 0 Å². The second kappa shape index (κ2) is 7.67. The first kappa shape index (κ1) is 18.1. The number of hydrogen-bond acceptors (Lipinski definition) is 4. The van der Waals surface area contributed by atoms with Crippen LogP contribution in [-0.4, -0.2) is 52.8 Å². The predicted molar refractivity (Wildman–Crippen MR) is 92.2 cm³/mol. The summed E-state index contributed by atoms with van der Waals surface area (Å²) in [5, 5.41) is 13.2. The summed E-state index contributed by atoms with van der Waals surface area (Å²) < 4.78 is 13.8. The summed E-state index contributed by atoms with van der Waals surface area (Å²) in [4.78, 5) is 38.5. The number of rotatable bonds is 3. The van der Waals surface area contributed by atoms with E-state index in [9.17, 15) is 24.1 Å². The minimum absolute atomic E-state index is 0.0195. The number of nitro benzene ring substituents is 1. The maximum atomic E-state index is 13.8. The molecule has 3 rings (SSSR count). The molecule has 1 aromatic carbocycles. The van der Waals surface area contributed by atoms with Gasteiger partial charge in [0.25, 0.3) is 5.69 Å². The smallest absolute Gasteiger partial charge is 0.319 e. The van der Waals surface area contributed by atoms with Crippen molar-refractivity contribution in [2.75, 3.05) is 31.5 Å². The minimum atomic E-state index is -0.717. The summed E-state index contributed by atoms with van der Waals surface area (Å²) in [5.74, 6) is -1.44. The summed E-state index contributed by atoms with van der Waals surface area (Å²) in [6.45, 7) is 2.52. The number of hydrogen-bond donors (Lipinski definition) is 1. The quantitative estimate of drug-likeness (QED) is 0.659. The molecule has 0 aromatic heterocycles. The van der Waals surface area contributed by atoms with Crippen LogP contribution in [0.1, 0.15) is 25.7 Å². The van der Waals surface area contributed by atoms with Crippen molar-refractivity contribution in [3.8, 4) is 0 Å². The number of nitrogens with zero attached hydrogens (tertiary/aromatic N) is 3. The second-order valence-electron chi connectivity index (χ2n) is 6.65. The molecule has 2 fully saturated rings. The number of urea groups is 1. The maximum absolute atomic E-state index is 13.8. The van der Waals surface area contributed by atoms with E-state index in [1.54, 1.807) is 4.90 Å². The van der Waals surface area contributed by atoms with Gasteiger partial charge < -0.3 is 15.1 Å². The minimum Gasteiger partial charge on any atom is -0.325 e. The number of carbonyl (C=O) groups excluding carboxylic acids is 2. The molecule has 0 unspecified atom stereocenters. The SMILES string of the molecule is O=C(Nc1cc([N+](=O)[O-])ccc1F)C1CCN(C(=O)N2CCCC2)CC1. The maximum Gasteiger partial charge on any atom is 0.319 e. The van der Waals surface area contributed by atoms with E-state index >= 15 is 0 Å². The molecule has 1 aromatic rings. The Morgan fingerprint density at radius 1 is 1.12 bits per heavy atom. The molecular weight excluding hydrogens is 343 g/mol. The van der Waals surface area contributed by atoms with Crippen molar-refractivity contribution in [1.82, 2.24) is 9.80 Å². The third kappa shape index (κ3) is 3.92. The van der Waals surface area contributed by atoms with Crippen LogP contribution in [0.5, 0.6) is 0 Å². The van der Waals surface area contributed by atoms with Gasteiger partial charge >= 0.3 is 6.03 Å². The van der Waals surface area contributed by atoms with Crippen LogP contribution in [0.4, 0.5) is 20.6 Å². The van der Waals surface area contributed by atoms with Crippen LogP contribution in [-0.2, 0) is 4.79 Å². The van der Waals surface area contributed by atoms with E-state index in [0.717, 1.165) is 44.1 Å². The fourth-order valence-corrected chi connectivity index (χ4v) is 3.40. The second-order valence-corrected chi connectivity index (χ2v) is 6.65. The molecule has 140 valence electrons. The summed E-state index contributed by atoms with van der Waals surface area (Å²) in [5.41, 5.74) is -0.479. The largest absolute Gasteiger partial charge is 0.325 e. The topological polar surface area (TPSA) is 95.8 Å². The van der Waals surface area contributed by atoms with Crippen LogP contribution < -0.4 is 5.32 Å². The van der Waals surface area contributed by atoms with Gasteiger partial charge in [-0.2, -0.15) is 0 Å². The highest BCUT2D eigenvalue weighted by Gasteiger charge is 2.30. The van der Waals surface area contributed by atoms with Gasteiger partial charge in [0, 0.05) is 44.2 Å². The molecular formula is C17H21FN4O4. The van der Waals surface area contributed by atoms with Gasteiger partial charge in [0.2, 0.25) is 5.91 Å². The van der Waals surface area contributed by atoms with Crippen LogP contribution in [0.2, 0.25) is 0 Å². The Morgan fingerprint density at radius 3 is 2.35 bits per heavy atom. The number of nitro groups is 1. The fourth-order valence-electron chi connectivity index (χ4n) is 3.40. The van der Waals surface area contributed by atoms with Crippen molar-refractivity contribution in [3.05, 3.63) is 34.1 Å². The third-order valence-electron chi connectivity index (χ3n) is 4.93. The number of benzene rings is 1. The molecule has 2 aliphatic heterocycles. The Labute approximate surface area is 150 Å². The molecule has 0 atom stereocenters. The first-order valence-corrected chi connectivity index (χ1v) is 8.74. The molecule has 9 heteroatoms. The molecule has 2 aliphatic rings. The first-order chi connectivity index (χ1) is 12.5. The Morgan fingerprint density at radius 2 is 1.73 bits per heavy atom. The fraction of sp³-hybridized carbons (Fsp3) is 0.529. The summed E-state index contributed by atoms with van der Waals surface area (Å²) in [7, 11) is 0. The molecule has 8 nitrogen and oxygen atoms in total. The van der Waals surface area contributed by atoms with Gasteiger partial charge in [-0.25, -0.2) is 9.18 Å². The normalized spacial score (nSPS) is 18.0. The number of halogens is 1. The average Bonchev–Trinajstić information content (AvgIpc) is 3.17. The lowest BCUT2D eigenvalue weighted by molar-refractivity contribution is -0.384. The van der Waals surface area contributed by atoms with Gasteiger partial charge in [0.15, 0.2) is 0 Å². The molecule has 0 spiro atoms. The number of likely N-dealkylation sites (tertiary alicyclic amines) is 2. The number of carbonyl (C=O) groups is 2. The molecule has 3 amide bonds. The van der Waals surface area contributed by atoms with Gasteiger partial charge in [-0.3, -0.25) is 14.9 Å². The van der Waals surface area contributed by atoms with E-state index in [0.29, 0.717) is 25.9 Å². The van der Waals surface area contributed by atoms with Gasteiger partial charge in [-0.15, -0.1) is 0 Å². The van der Waals surface area contributed by atoms with Gasteiger partial charge in [-0.05, 0) is 31.7 Å². The zero-order valence-corrected chi connectivity index (χ0v) is 14.3. The van der Waals surface area contributed by atoms with Crippen molar-refractivity contribution >= 4 is 23.3 Å². The molecule has 2 heterocycles. The highest BCUT2D eigenvalue weighted by Crippen LogP contribution is 2.25. The number of non-ortho nitro benzene ring substituents is 1. The third-order valence-corrected chi connectivity index (χ3v) is 4.93. The average molecular weight is 364 g/mol. The number of nitrogens with one attached hydrogen (secondary N) is 1. The van der Waals surface area contributed by atoms with E-state index in [-0.39, 0.29) is 29.2 Å². The van der Waals surface area contributed by atoms with Crippen LogP contribution in [0, 0.1) is 21.8 Å². The Bertz CT molecular complexity index is 713. The number of amides is 3. The number of anilines is 1. The molecule has 0 radical (unpaired) electrons. The zero-order chi connectivity index (χ0) is 18.7. The van der Waals surface area contributed by atoms with Gasteiger partial charge in [-0.1, -0.05) is 0 Å². The van der Waals surface area contributed by atoms with Crippen molar-refractivity contribution in [2.24, 2.45) is 5.92 Å². The Balaban J connectivity index is 1.56. The predicted octanol–water partition coefficient (Wildman–Crippen LogP) is 2.60. The van der Waals surface area contributed by atoms with Crippen LogP contribution in [0.25, 0.3) is 0 Å². The van der Waals surface area contributed by atoms with E-state index in [4.69, 9.17) is 0 Å². The lowest BCUT2D eigenvalue weighted by atomic mass is 9.96. The molecule has 1 N–H and O–H groups in total. The lowest BCUT2D eigenvalue weighted by Crippen LogP contribution is -2.47. The van der Waals surface area contributed by atoms with Crippen molar-refractivity contribution in [2.45, 2.75) is 25.7 Å². The summed E-state index contributed by atoms with van der Waals surface area (Å²) >= 11 is 0. The standard InChI is InChI=1S/C17H21FN4O4/c18-14-4-3-13(22(25)26)11-15(14)19-16(23)12-5-9-21(10-6-12)17(24)20-7-1-2-8-20/h3-4,11-12H,1-2,5-10H2,(H,19,23). The molecule has 26 heavy (non-hydrogen) atoms. The summed E-state index contributed by atoms with van der Waals surface area (Å²) in [6, 6.07) is 3.05. The van der Waals surface area contributed by atoms with Gasteiger partial charge in [0.1, 0.15) is 5.82 Å². The highest BCUT2D eigenvalue weighted by atomic mass is 19.1. The van der Waals surface area contributed by atoms with Crippen LogP contribution in [0.3, 0.4) is 0 Å². The van der Waals surface area contributed by atoms with Crippen molar-refractivity contribution in [3.63, 3.8) is 0 Å². The molecule has 0 aliphatic carbocycles.